The molecule has 4 nitrogen and oxygen atoms in total. The number of H-pyrrole nitrogens is 1. The summed E-state index contributed by atoms with van der Waals surface area (Å²) in [6.07, 6.45) is -4.70. The van der Waals surface area contributed by atoms with Crippen molar-refractivity contribution >= 4 is 0 Å². The maximum Gasteiger partial charge on any atom is 0.431 e. The summed E-state index contributed by atoms with van der Waals surface area (Å²) in [6, 6.07) is 0.366. The Morgan fingerprint density at radius 1 is 1.43 bits per heavy atom. The van der Waals surface area contributed by atoms with Gasteiger partial charge >= 0.3 is 11.9 Å². The number of alkyl halides is 3. The highest BCUT2D eigenvalue weighted by Crippen LogP contribution is 2.25. The number of aromatic nitrogens is 2. The zero-order valence-electron chi connectivity index (χ0n) is 7.18. The summed E-state index contributed by atoms with van der Waals surface area (Å²) in [4.78, 5) is 23.5. The van der Waals surface area contributed by atoms with Gasteiger partial charge in [0.1, 0.15) is 5.69 Å². The molecule has 0 spiro atoms. The minimum absolute atomic E-state index is 0.0340. The number of aromatic amines is 1. The molecule has 7 heteroatoms. The fraction of sp³-hybridized carbons (Fsp3) is 0.429. The monoisotopic (exact) mass is 208 g/mol. The van der Waals surface area contributed by atoms with Crippen molar-refractivity contribution in [3.05, 3.63) is 32.6 Å². The van der Waals surface area contributed by atoms with Crippen LogP contribution >= 0.6 is 0 Å². The molecule has 0 saturated carbocycles. The van der Waals surface area contributed by atoms with Gasteiger partial charge in [-0.15, -0.1) is 0 Å². The molecule has 0 aliphatic carbocycles. The van der Waals surface area contributed by atoms with E-state index in [4.69, 9.17) is 0 Å². The Labute approximate surface area is 76.0 Å². The van der Waals surface area contributed by atoms with Crippen molar-refractivity contribution in [1.29, 1.82) is 0 Å². The van der Waals surface area contributed by atoms with Gasteiger partial charge in [-0.1, -0.05) is 0 Å². The molecule has 0 aromatic carbocycles. The second-order valence-electron chi connectivity index (χ2n) is 2.57. The molecule has 0 aliphatic rings. The molecule has 0 saturated heterocycles. The summed E-state index contributed by atoms with van der Waals surface area (Å²) in [5, 5.41) is 0. The second-order valence-corrected chi connectivity index (χ2v) is 2.57. The Balaban J connectivity index is 3.44. The molecule has 1 N–H and O–H groups in total. The zero-order chi connectivity index (χ0) is 10.9. The number of halogens is 3. The molecule has 0 unspecified atom stereocenters. The third-order valence-corrected chi connectivity index (χ3v) is 1.64. The number of nitrogens with one attached hydrogen (secondary N) is 1. The Morgan fingerprint density at radius 3 is 2.36 bits per heavy atom. The summed E-state index contributed by atoms with van der Waals surface area (Å²) in [7, 11) is 0. The van der Waals surface area contributed by atoms with E-state index < -0.39 is 23.1 Å². The third kappa shape index (κ3) is 1.86. The third-order valence-electron chi connectivity index (χ3n) is 1.64. The first-order chi connectivity index (χ1) is 6.36. The van der Waals surface area contributed by atoms with E-state index in [9.17, 15) is 22.8 Å². The molecule has 1 rings (SSSR count). The first kappa shape index (κ1) is 10.6. The van der Waals surface area contributed by atoms with Gasteiger partial charge in [0.05, 0.1) is 0 Å². The number of rotatable bonds is 1. The van der Waals surface area contributed by atoms with Crippen LogP contribution in [0, 0.1) is 0 Å². The first-order valence-corrected chi connectivity index (χ1v) is 3.77. The average molecular weight is 208 g/mol. The summed E-state index contributed by atoms with van der Waals surface area (Å²) in [6.45, 7) is 1.52. The molecule has 0 radical (unpaired) electrons. The number of nitrogens with zero attached hydrogens (tertiary/aromatic N) is 1. The van der Waals surface area contributed by atoms with Crippen LogP contribution in [0.15, 0.2) is 15.7 Å². The Kier molecular flexibility index (Phi) is 2.50. The van der Waals surface area contributed by atoms with E-state index in [2.05, 4.69) is 0 Å². The van der Waals surface area contributed by atoms with E-state index in [1.54, 1.807) is 4.98 Å². The van der Waals surface area contributed by atoms with Crippen molar-refractivity contribution in [2.24, 2.45) is 0 Å². The SMILES string of the molecule is CCn1c(=O)cc(C(F)(F)F)[nH]c1=O. The molecule has 0 atom stereocenters. The minimum Gasteiger partial charge on any atom is -0.303 e. The van der Waals surface area contributed by atoms with Gasteiger partial charge in [0.25, 0.3) is 5.56 Å². The van der Waals surface area contributed by atoms with E-state index in [-0.39, 0.29) is 6.54 Å². The number of hydrogen-bond donors (Lipinski definition) is 1. The maximum atomic E-state index is 12.1. The fourth-order valence-electron chi connectivity index (χ4n) is 0.972. The van der Waals surface area contributed by atoms with Crippen LogP contribution in [0.5, 0.6) is 0 Å². The minimum atomic E-state index is -4.70. The van der Waals surface area contributed by atoms with Crippen LogP contribution < -0.4 is 11.2 Å². The summed E-state index contributed by atoms with van der Waals surface area (Å²) in [5.41, 5.74) is -3.33. The fourth-order valence-corrected chi connectivity index (χ4v) is 0.972. The van der Waals surface area contributed by atoms with Crippen LogP contribution in [0.25, 0.3) is 0 Å². The zero-order valence-corrected chi connectivity index (χ0v) is 7.18. The van der Waals surface area contributed by atoms with Crippen molar-refractivity contribution in [3.8, 4) is 0 Å². The van der Waals surface area contributed by atoms with Gasteiger partial charge in [-0.05, 0) is 6.92 Å². The second kappa shape index (κ2) is 3.32. The molecule has 1 aromatic rings. The molecule has 1 aromatic heterocycles. The molecule has 0 aliphatic heterocycles. The van der Waals surface area contributed by atoms with Crippen LogP contribution in [0.1, 0.15) is 12.6 Å². The average Bonchev–Trinajstić information content (AvgIpc) is 2.01. The smallest absolute Gasteiger partial charge is 0.303 e. The highest BCUT2D eigenvalue weighted by molar-refractivity contribution is 5.03. The highest BCUT2D eigenvalue weighted by atomic mass is 19.4. The quantitative estimate of drug-likeness (QED) is 0.733. The van der Waals surface area contributed by atoms with Crippen molar-refractivity contribution < 1.29 is 13.2 Å². The molecular formula is C7H7F3N2O2. The van der Waals surface area contributed by atoms with Crippen LogP contribution in [0.2, 0.25) is 0 Å². The van der Waals surface area contributed by atoms with Crippen LogP contribution in [0.4, 0.5) is 13.2 Å². The lowest BCUT2D eigenvalue weighted by Crippen LogP contribution is -2.36. The van der Waals surface area contributed by atoms with Crippen LogP contribution in [-0.2, 0) is 12.7 Å². The Bertz CT molecular complexity index is 412. The molecule has 14 heavy (non-hydrogen) atoms. The number of hydrogen-bond acceptors (Lipinski definition) is 2. The molecule has 1 heterocycles. The van der Waals surface area contributed by atoms with Crippen LogP contribution in [0.3, 0.4) is 0 Å². The highest BCUT2D eigenvalue weighted by Gasteiger charge is 2.32. The van der Waals surface area contributed by atoms with Crippen LogP contribution in [-0.4, -0.2) is 9.55 Å². The van der Waals surface area contributed by atoms with Gasteiger partial charge in [-0.2, -0.15) is 13.2 Å². The van der Waals surface area contributed by atoms with Gasteiger partial charge in [0.15, 0.2) is 0 Å². The standard InChI is InChI=1S/C7H7F3N2O2/c1-2-12-5(13)3-4(7(8,9)10)11-6(12)14/h3H,2H2,1H3,(H,11,14). The van der Waals surface area contributed by atoms with Gasteiger partial charge in [0, 0.05) is 12.6 Å². The maximum absolute atomic E-state index is 12.1. The van der Waals surface area contributed by atoms with E-state index in [1.165, 1.54) is 6.92 Å². The lowest BCUT2D eigenvalue weighted by atomic mass is 10.4. The first-order valence-electron chi connectivity index (χ1n) is 3.77. The van der Waals surface area contributed by atoms with Crippen molar-refractivity contribution in [1.82, 2.24) is 9.55 Å². The molecule has 0 amide bonds. The predicted octanol–water partition coefficient (Wildman–Crippen LogP) is 0.575. The summed E-state index contributed by atoms with van der Waals surface area (Å²) >= 11 is 0. The van der Waals surface area contributed by atoms with E-state index in [0.29, 0.717) is 10.6 Å². The lowest BCUT2D eigenvalue weighted by molar-refractivity contribution is -0.141. The topological polar surface area (TPSA) is 54.9 Å². The molecular weight excluding hydrogens is 201 g/mol. The summed E-state index contributed by atoms with van der Waals surface area (Å²) in [5.74, 6) is 0. The van der Waals surface area contributed by atoms with Gasteiger partial charge in [-0.25, -0.2) is 4.79 Å². The van der Waals surface area contributed by atoms with E-state index in [0.717, 1.165) is 0 Å². The lowest BCUT2D eigenvalue weighted by Gasteiger charge is -2.06. The Morgan fingerprint density at radius 2 is 2.00 bits per heavy atom. The summed E-state index contributed by atoms with van der Waals surface area (Å²) < 4.78 is 36.9. The normalized spacial score (nSPS) is 11.7. The van der Waals surface area contributed by atoms with E-state index >= 15 is 0 Å². The Hall–Kier alpha value is -1.53. The molecule has 0 bridgehead atoms. The van der Waals surface area contributed by atoms with E-state index in [1.807, 2.05) is 0 Å². The van der Waals surface area contributed by atoms with Gasteiger partial charge in [0.2, 0.25) is 0 Å². The predicted molar refractivity (Wildman–Crippen MR) is 42.0 cm³/mol. The van der Waals surface area contributed by atoms with Crippen molar-refractivity contribution in [2.45, 2.75) is 19.6 Å². The van der Waals surface area contributed by atoms with Gasteiger partial charge < -0.3 is 4.98 Å². The largest absolute Gasteiger partial charge is 0.431 e. The van der Waals surface area contributed by atoms with Crippen molar-refractivity contribution in [3.63, 3.8) is 0 Å². The molecule has 0 fully saturated rings. The van der Waals surface area contributed by atoms with Crippen molar-refractivity contribution in [2.75, 3.05) is 0 Å². The van der Waals surface area contributed by atoms with Gasteiger partial charge in [-0.3, -0.25) is 9.36 Å². The molecule has 78 valence electrons.